The topological polar surface area (TPSA) is 73.8 Å². The Morgan fingerprint density at radius 2 is 1.75 bits per heavy atom. The first-order valence-electron chi connectivity index (χ1n) is 11.7. The van der Waals surface area contributed by atoms with Crippen LogP contribution in [0.3, 0.4) is 0 Å². The number of guanidine groups is 1. The molecule has 0 aliphatic carbocycles. The highest BCUT2D eigenvalue weighted by Gasteiger charge is 2.24. The monoisotopic (exact) mass is 449 g/mol. The van der Waals surface area contributed by atoms with Gasteiger partial charge in [0, 0.05) is 37.9 Å². The quantitative estimate of drug-likeness (QED) is 0.458. The van der Waals surface area contributed by atoms with E-state index in [2.05, 4.69) is 17.1 Å². The molecule has 1 aromatic carbocycles. The highest BCUT2D eigenvalue weighted by atomic mass is 16.5. The predicted octanol–water partition coefficient (Wildman–Crippen LogP) is 3.23. The van der Waals surface area contributed by atoms with E-state index in [0.29, 0.717) is 24.1 Å². The molecule has 8 nitrogen and oxygen atoms in total. The van der Waals surface area contributed by atoms with Crippen LogP contribution in [0.4, 0.5) is 0 Å². The molecular formula is C24H39N3O5. The lowest BCUT2D eigenvalue weighted by Gasteiger charge is -2.35. The normalized spacial score (nSPS) is 20.2. The maximum absolute atomic E-state index is 6.16. The molecule has 1 N–H and O–H groups in total. The van der Waals surface area contributed by atoms with Gasteiger partial charge in [0.2, 0.25) is 0 Å². The predicted molar refractivity (Wildman–Crippen MR) is 125 cm³/mol. The van der Waals surface area contributed by atoms with Crippen molar-refractivity contribution in [3.8, 4) is 17.2 Å². The number of hydrogen-bond donors (Lipinski definition) is 1. The number of likely N-dealkylation sites (tertiary alicyclic amines) is 1. The van der Waals surface area contributed by atoms with E-state index in [0.717, 1.165) is 69.4 Å². The summed E-state index contributed by atoms with van der Waals surface area (Å²) in [4.78, 5) is 7.20. The number of methoxy groups -OCH3 is 3. The first kappa shape index (κ1) is 24.5. The number of nitrogens with zero attached hydrogens (tertiary/aromatic N) is 2. The lowest BCUT2D eigenvalue weighted by molar-refractivity contribution is -0.0721. The Bertz CT molecular complexity index is 729. The van der Waals surface area contributed by atoms with E-state index >= 15 is 0 Å². The fraction of sp³-hybridized carbons (Fsp3) is 0.708. The molecule has 1 atom stereocenters. The zero-order valence-corrected chi connectivity index (χ0v) is 20.0. The van der Waals surface area contributed by atoms with Crippen LogP contribution in [0.15, 0.2) is 17.1 Å². The minimum Gasteiger partial charge on any atom is -0.496 e. The van der Waals surface area contributed by atoms with Crippen LogP contribution in [0.5, 0.6) is 17.2 Å². The fourth-order valence-electron chi connectivity index (χ4n) is 4.22. The Labute approximate surface area is 192 Å². The van der Waals surface area contributed by atoms with E-state index in [9.17, 15) is 0 Å². The van der Waals surface area contributed by atoms with E-state index in [-0.39, 0.29) is 6.10 Å². The summed E-state index contributed by atoms with van der Waals surface area (Å²) in [6, 6.07) is 3.77. The number of rotatable bonds is 9. The van der Waals surface area contributed by atoms with Crippen molar-refractivity contribution in [1.82, 2.24) is 10.2 Å². The smallest absolute Gasteiger partial charge is 0.194 e. The average Bonchev–Trinajstić information content (AvgIpc) is 2.85. The molecule has 32 heavy (non-hydrogen) atoms. The van der Waals surface area contributed by atoms with Crippen LogP contribution in [0.1, 0.15) is 44.6 Å². The molecule has 2 fully saturated rings. The number of hydrogen-bond acceptors (Lipinski definition) is 6. The summed E-state index contributed by atoms with van der Waals surface area (Å²) in [6.45, 7) is 6.83. The number of benzene rings is 1. The highest BCUT2D eigenvalue weighted by molar-refractivity contribution is 5.80. The highest BCUT2D eigenvalue weighted by Crippen LogP contribution is 2.35. The van der Waals surface area contributed by atoms with Gasteiger partial charge in [-0.3, -0.25) is 0 Å². The van der Waals surface area contributed by atoms with E-state index in [1.165, 1.54) is 12.8 Å². The first-order valence-corrected chi connectivity index (χ1v) is 11.7. The van der Waals surface area contributed by atoms with Gasteiger partial charge in [-0.25, -0.2) is 4.99 Å². The fourth-order valence-corrected chi connectivity index (χ4v) is 4.22. The maximum Gasteiger partial charge on any atom is 0.194 e. The molecular weight excluding hydrogens is 410 g/mol. The van der Waals surface area contributed by atoms with Gasteiger partial charge in [-0.1, -0.05) is 0 Å². The molecule has 2 aliphatic heterocycles. The van der Waals surface area contributed by atoms with Gasteiger partial charge < -0.3 is 33.9 Å². The van der Waals surface area contributed by atoms with Gasteiger partial charge >= 0.3 is 0 Å². The lowest BCUT2D eigenvalue weighted by atomic mass is 10.1. The second-order valence-corrected chi connectivity index (χ2v) is 8.20. The Morgan fingerprint density at radius 3 is 2.38 bits per heavy atom. The van der Waals surface area contributed by atoms with Crippen molar-refractivity contribution in [2.75, 3.05) is 54.2 Å². The number of ether oxygens (including phenoxy) is 5. The van der Waals surface area contributed by atoms with Gasteiger partial charge in [0.15, 0.2) is 17.5 Å². The first-order chi connectivity index (χ1) is 15.7. The Kier molecular flexibility index (Phi) is 9.74. The molecule has 2 aliphatic rings. The zero-order chi connectivity index (χ0) is 22.8. The van der Waals surface area contributed by atoms with Crippen LogP contribution < -0.4 is 19.5 Å². The van der Waals surface area contributed by atoms with Gasteiger partial charge in [-0.15, -0.1) is 0 Å². The van der Waals surface area contributed by atoms with E-state index in [1.807, 2.05) is 12.1 Å². The Balaban J connectivity index is 1.58. The second-order valence-electron chi connectivity index (χ2n) is 8.20. The minimum atomic E-state index is 0.275. The molecule has 0 amide bonds. The number of aliphatic imine (C=N–C) groups is 1. The molecule has 1 aromatic rings. The number of piperidine rings is 1. The molecule has 180 valence electrons. The van der Waals surface area contributed by atoms with E-state index in [1.54, 1.807) is 21.3 Å². The Morgan fingerprint density at radius 1 is 1.03 bits per heavy atom. The summed E-state index contributed by atoms with van der Waals surface area (Å²) in [5.74, 6) is 2.96. The molecule has 0 aromatic heterocycles. The minimum absolute atomic E-state index is 0.275. The summed E-state index contributed by atoms with van der Waals surface area (Å²) < 4.78 is 28.3. The van der Waals surface area contributed by atoms with Gasteiger partial charge in [0.25, 0.3) is 0 Å². The van der Waals surface area contributed by atoms with Crippen LogP contribution in [0.25, 0.3) is 0 Å². The van der Waals surface area contributed by atoms with Gasteiger partial charge in [-0.05, 0) is 45.1 Å². The third kappa shape index (κ3) is 6.65. The largest absolute Gasteiger partial charge is 0.496 e. The van der Waals surface area contributed by atoms with Gasteiger partial charge in [-0.2, -0.15) is 0 Å². The lowest BCUT2D eigenvalue weighted by Crippen LogP contribution is -2.47. The average molecular weight is 450 g/mol. The second kappa shape index (κ2) is 12.7. The third-order valence-electron chi connectivity index (χ3n) is 6.05. The van der Waals surface area contributed by atoms with Crippen molar-refractivity contribution in [3.63, 3.8) is 0 Å². The molecule has 0 radical (unpaired) electrons. The van der Waals surface area contributed by atoms with Crippen LogP contribution in [-0.4, -0.2) is 77.2 Å². The summed E-state index contributed by atoms with van der Waals surface area (Å²) in [6.07, 6.45) is 6.11. The molecule has 2 saturated heterocycles. The number of nitrogens with one attached hydrogen (secondary N) is 1. The van der Waals surface area contributed by atoms with E-state index in [4.69, 9.17) is 28.7 Å². The summed E-state index contributed by atoms with van der Waals surface area (Å²) in [7, 11) is 4.91. The van der Waals surface area contributed by atoms with Crippen molar-refractivity contribution < 1.29 is 23.7 Å². The van der Waals surface area contributed by atoms with E-state index < -0.39 is 0 Å². The van der Waals surface area contributed by atoms with Crippen molar-refractivity contribution in [2.45, 2.75) is 57.8 Å². The standard InChI is InChI=1S/C24H39N3O5/c1-5-25-24(26-16-18-14-22(29-3)23(30-4)15-21(18)28-2)27-11-9-19(10-12-27)32-17-20-8-6-7-13-31-20/h14-15,19-20H,5-13,16-17H2,1-4H3,(H,25,26). The van der Waals surface area contributed by atoms with Crippen molar-refractivity contribution in [3.05, 3.63) is 17.7 Å². The zero-order valence-electron chi connectivity index (χ0n) is 20.0. The van der Waals surface area contributed by atoms with Crippen LogP contribution in [-0.2, 0) is 16.0 Å². The van der Waals surface area contributed by atoms with Crippen molar-refractivity contribution >= 4 is 5.96 Å². The van der Waals surface area contributed by atoms with Crippen molar-refractivity contribution in [1.29, 1.82) is 0 Å². The SMILES string of the molecule is CCNC(=NCc1cc(OC)c(OC)cc1OC)N1CCC(OCC2CCCCO2)CC1. The molecule has 1 unspecified atom stereocenters. The Hall–Kier alpha value is -2.19. The van der Waals surface area contributed by atoms with Gasteiger partial charge in [0.05, 0.1) is 46.7 Å². The van der Waals surface area contributed by atoms with Gasteiger partial charge in [0.1, 0.15) is 5.75 Å². The molecule has 8 heteroatoms. The summed E-state index contributed by atoms with van der Waals surface area (Å²) in [5.41, 5.74) is 0.950. The maximum atomic E-state index is 6.16. The molecule has 0 spiro atoms. The molecule has 0 bridgehead atoms. The van der Waals surface area contributed by atoms with Crippen LogP contribution in [0, 0.1) is 0 Å². The summed E-state index contributed by atoms with van der Waals surface area (Å²) in [5, 5.41) is 3.43. The molecule has 2 heterocycles. The van der Waals surface area contributed by atoms with Crippen molar-refractivity contribution in [2.24, 2.45) is 4.99 Å². The molecule has 0 saturated carbocycles. The summed E-state index contributed by atoms with van der Waals surface area (Å²) >= 11 is 0. The third-order valence-corrected chi connectivity index (χ3v) is 6.05. The molecule has 3 rings (SSSR count). The van der Waals surface area contributed by atoms with Crippen LogP contribution in [0.2, 0.25) is 0 Å². The van der Waals surface area contributed by atoms with Crippen LogP contribution >= 0.6 is 0 Å².